The van der Waals surface area contributed by atoms with Gasteiger partial charge in [-0.05, 0) is 44.1 Å². The lowest BCUT2D eigenvalue weighted by Gasteiger charge is -2.47. The van der Waals surface area contributed by atoms with Crippen molar-refractivity contribution in [3.05, 3.63) is 35.9 Å². The molecular formula is C21H37N. The van der Waals surface area contributed by atoms with Gasteiger partial charge in [-0.25, -0.2) is 0 Å². The summed E-state index contributed by atoms with van der Waals surface area (Å²) in [5.74, 6) is 0.679. The van der Waals surface area contributed by atoms with Crippen molar-refractivity contribution in [2.75, 3.05) is 0 Å². The minimum Gasteiger partial charge on any atom is -0.291 e. The number of nitrogens with zero attached hydrogens (tertiary/aromatic N) is 1. The fraction of sp³-hybridized carbons (Fsp3) is 0.714. The lowest BCUT2D eigenvalue weighted by molar-refractivity contribution is 0.0105. The van der Waals surface area contributed by atoms with Crippen LogP contribution in [-0.2, 0) is 6.54 Å². The number of benzene rings is 1. The van der Waals surface area contributed by atoms with Crippen molar-refractivity contribution in [2.45, 2.75) is 86.4 Å². The van der Waals surface area contributed by atoms with Crippen LogP contribution in [0.3, 0.4) is 0 Å². The van der Waals surface area contributed by atoms with Crippen molar-refractivity contribution in [1.82, 2.24) is 4.90 Å². The molecule has 0 N–H and O–H groups in total. The van der Waals surface area contributed by atoms with Gasteiger partial charge in [0.25, 0.3) is 0 Å². The first-order valence-corrected chi connectivity index (χ1v) is 8.88. The smallest absolute Gasteiger partial charge is 0.0241 e. The molecule has 0 saturated carbocycles. The second-order valence-corrected chi connectivity index (χ2v) is 8.69. The Labute approximate surface area is 139 Å². The Morgan fingerprint density at radius 2 is 1.50 bits per heavy atom. The van der Waals surface area contributed by atoms with Crippen LogP contribution in [-0.4, -0.2) is 16.5 Å². The van der Waals surface area contributed by atoms with Crippen molar-refractivity contribution in [1.29, 1.82) is 0 Å². The predicted octanol–water partition coefficient (Wildman–Crippen LogP) is 6.14. The molecule has 1 aromatic rings. The highest BCUT2D eigenvalue weighted by atomic mass is 15.2. The molecule has 0 saturated heterocycles. The number of rotatable bonds is 7. The molecular weight excluding hydrogens is 266 g/mol. The lowest BCUT2D eigenvalue weighted by atomic mass is 9.81. The highest BCUT2D eigenvalue weighted by molar-refractivity contribution is 5.15. The normalized spacial score (nSPS) is 15.9. The third-order valence-electron chi connectivity index (χ3n) is 5.19. The molecule has 0 aliphatic rings. The molecule has 1 aromatic carbocycles. The van der Waals surface area contributed by atoms with Crippen LogP contribution >= 0.6 is 0 Å². The predicted molar refractivity (Wildman–Crippen MR) is 99.1 cm³/mol. The molecule has 0 radical (unpaired) electrons. The molecule has 126 valence electrons. The van der Waals surface area contributed by atoms with E-state index < -0.39 is 0 Å². The average molecular weight is 304 g/mol. The molecule has 1 rings (SSSR count). The highest BCUT2D eigenvalue weighted by Crippen LogP contribution is 2.34. The van der Waals surface area contributed by atoms with Gasteiger partial charge in [0.2, 0.25) is 0 Å². The summed E-state index contributed by atoms with van der Waals surface area (Å²) in [4.78, 5) is 2.72. The zero-order valence-corrected chi connectivity index (χ0v) is 16.1. The topological polar surface area (TPSA) is 3.24 Å². The fourth-order valence-corrected chi connectivity index (χ4v) is 3.49. The molecule has 0 bridgehead atoms. The van der Waals surface area contributed by atoms with E-state index in [-0.39, 0.29) is 5.54 Å². The quantitative estimate of drug-likeness (QED) is 0.585. The molecule has 0 heterocycles. The van der Waals surface area contributed by atoms with Crippen LogP contribution in [0.25, 0.3) is 0 Å². The minimum atomic E-state index is 0.204. The largest absolute Gasteiger partial charge is 0.291 e. The van der Waals surface area contributed by atoms with Crippen molar-refractivity contribution in [3.8, 4) is 0 Å². The second-order valence-electron chi connectivity index (χ2n) is 8.69. The van der Waals surface area contributed by atoms with Gasteiger partial charge in [0.15, 0.2) is 0 Å². The molecule has 0 aliphatic heterocycles. The summed E-state index contributed by atoms with van der Waals surface area (Å²) >= 11 is 0. The van der Waals surface area contributed by atoms with Gasteiger partial charge in [-0.2, -0.15) is 0 Å². The Balaban J connectivity index is 3.04. The first-order chi connectivity index (χ1) is 10.1. The van der Waals surface area contributed by atoms with E-state index in [0.29, 0.717) is 17.4 Å². The maximum atomic E-state index is 2.72. The van der Waals surface area contributed by atoms with Gasteiger partial charge in [-0.15, -0.1) is 0 Å². The molecule has 0 spiro atoms. The summed E-state index contributed by atoms with van der Waals surface area (Å²) in [5, 5.41) is 0. The maximum absolute atomic E-state index is 2.72. The summed E-state index contributed by atoms with van der Waals surface area (Å²) < 4.78 is 0. The van der Waals surface area contributed by atoms with Crippen LogP contribution in [0, 0.1) is 11.3 Å². The molecule has 1 nitrogen and oxygen atoms in total. The van der Waals surface area contributed by atoms with Gasteiger partial charge >= 0.3 is 0 Å². The molecule has 0 aromatic heterocycles. The summed E-state index contributed by atoms with van der Waals surface area (Å²) in [6, 6.07) is 11.5. The van der Waals surface area contributed by atoms with E-state index in [1.54, 1.807) is 0 Å². The van der Waals surface area contributed by atoms with Crippen molar-refractivity contribution < 1.29 is 0 Å². The lowest BCUT2D eigenvalue weighted by Crippen LogP contribution is -2.52. The third kappa shape index (κ3) is 5.43. The van der Waals surface area contributed by atoms with Crippen molar-refractivity contribution in [2.24, 2.45) is 11.3 Å². The Morgan fingerprint density at radius 1 is 0.955 bits per heavy atom. The summed E-state index contributed by atoms with van der Waals surface area (Å²) in [6.07, 6.45) is 2.44. The first kappa shape index (κ1) is 19.2. The molecule has 1 heteroatoms. The van der Waals surface area contributed by atoms with Crippen molar-refractivity contribution >= 4 is 0 Å². The molecule has 0 aliphatic carbocycles. The molecule has 22 heavy (non-hydrogen) atoms. The Hall–Kier alpha value is -0.820. The van der Waals surface area contributed by atoms with E-state index in [0.717, 1.165) is 6.54 Å². The van der Waals surface area contributed by atoms with Gasteiger partial charge in [0, 0.05) is 18.1 Å². The van der Waals surface area contributed by atoms with Gasteiger partial charge < -0.3 is 0 Å². The van der Waals surface area contributed by atoms with Gasteiger partial charge in [0.1, 0.15) is 0 Å². The first-order valence-electron chi connectivity index (χ1n) is 8.88. The summed E-state index contributed by atoms with van der Waals surface area (Å²) in [5.41, 5.74) is 1.98. The van der Waals surface area contributed by atoms with E-state index in [9.17, 15) is 0 Å². The molecule has 0 fully saturated rings. The molecule has 2 atom stereocenters. The SMILES string of the molecule is CCC(C)C(C)(C)N(Cc1ccccc1)C(C)CC(C)(C)C. The van der Waals surface area contributed by atoms with Gasteiger partial charge in [0.05, 0.1) is 0 Å². The monoisotopic (exact) mass is 303 g/mol. The fourth-order valence-electron chi connectivity index (χ4n) is 3.49. The Kier molecular flexibility index (Phi) is 6.67. The van der Waals surface area contributed by atoms with Crippen molar-refractivity contribution in [3.63, 3.8) is 0 Å². The highest BCUT2D eigenvalue weighted by Gasteiger charge is 2.35. The average Bonchev–Trinajstić information content (AvgIpc) is 2.42. The van der Waals surface area contributed by atoms with Gasteiger partial charge in [-0.1, -0.05) is 71.4 Å². The third-order valence-corrected chi connectivity index (χ3v) is 5.19. The Morgan fingerprint density at radius 3 is 1.95 bits per heavy atom. The van der Waals surface area contributed by atoms with E-state index in [1.807, 2.05) is 0 Å². The summed E-state index contributed by atoms with van der Waals surface area (Å²) in [6.45, 7) is 20.0. The van der Waals surface area contributed by atoms with Crippen LogP contribution in [0.5, 0.6) is 0 Å². The number of hydrogen-bond acceptors (Lipinski definition) is 1. The zero-order valence-electron chi connectivity index (χ0n) is 16.1. The van der Waals surface area contributed by atoms with Crippen LogP contribution in [0.2, 0.25) is 0 Å². The van der Waals surface area contributed by atoms with E-state index in [1.165, 1.54) is 18.4 Å². The van der Waals surface area contributed by atoms with Crippen LogP contribution in [0.15, 0.2) is 30.3 Å². The number of hydrogen-bond donors (Lipinski definition) is 0. The van der Waals surface area contributed by atoms with E-state index in [2.05, 4.69) is 90.6 Å². The standard InChI is InChI=1S/C21H37N/c1-9-17(2)21(7,8)22(18(3)15-20(4,5)6)16-19-13-11-10-12-14-19/h10-14,17-18H,9,15-16H2,1-8H3. The molecule has 0 amide bonds. The maximum Gasteiger partial charge on any atom is 0.0241 e. The Bertz CT molecular complexity index is 427. The minimum absolute atomic E-state index is 0.204. The van der Waals surface area contributed by atoms with Crippen LogP contribution in [0.4, 0.5) is 0 Å². The molecule has 2 unspecified atom stereocenters. The summed E-state index contributed by atoms with van der Waals surface area (Å²) in [7, 11) is 0. The van der Waals surface area contributed by atoms with Gasteiger partial charge in [-0.3, -0.25) is 4.90 Å². The van der Waals surface area contributed by atoms with E-state index in [4.69, 9.17) is 0 Å². The van der Waals surface area contributed by atoms with Crippen LogP contribution in [0.1, 0.15) is 73.8 Å². The van der Waals surface area contributed by atoms with E-state index >= 15 is 0 Å². The zero-order chi connectivity index (χ0) is 17.0. The van der Waals surface area contributed by atoms with Crippen LogP contribution < -0.4 is 0 Å². The second kappa shape index (κ2) is 7.64.